The number of nitrogens with one attached hydrogen (secondary N) is 1. The molecule has 0 unspecified atom stereocenters. The second-order valence-corrected chi connectivity index (χ2v) is 7.71. The van der Waals surface area contributed by atoms with Crippen molar-refractivity contribution in [2.45, 2.75) is 32.8 Å². The average Bonchev–Trinajstić information content (AvgIpc) is 3.30. The fourth-order valence-electron chi connectivity index (χ4n) is 3.02. The minimum atomic E-state index is -0.155. The number of ether oxygens (including phenoxy) is 1. The van der Waals surface area contributed by atoms with Crippen molar-refractivity contribution in [1.29, 1.82) is 0 Å². The maximum Gasteiger partial charge on any atom is 0.244 e. The first kappa shape index (κ1) is 20.1. The van der Waals surface area contributed by atoms with E-state index in [0.29, 0.717) is 31.9 Å². The summed E-state index contributed by atoms with van der Waals surface area (Å²) in [5.41, 5.74) is 1.74. The minimum absolute atomic E-state index is 0.155. The summed E-state index contributed by atoms with van der Waals surface area (Å²) >= 11 is 1.60. The smallest absolute Gasteiger partial charge is 0.244 e. The van der Waals surface area contributed by atoms with Crippen molar-refractivity contribution >= 4 is 29.2 Å². The van der Waals surface area contributed by atoms with E-state index in [1.165, 1.54) is 6.08 Å². The molecule has 0 radical (unpaired) electrons. The van der Waals surface area contributed by atoms with Gasteiger partial charge >= 0.3 is 0 Å². The highest BCUT2D eigenvalue weighted by atomic mass is 32.1. The summed E-state index contributed by atoms with van der Waals surface area (Å²) in [5, 5.41) is 5.85. The Morgan fingerprint density at radius 3 is 3.00 bits per heavy atom. The summed E-state index contributed by atoms with van der Waals surface area (Å²) in [4.78, 5) is 29.8. The summed E-state index contributed by atoms with van der Waals surface area (Å²) in [6.45, 7) is 4.46. The third-order valence-electron chi connectivity index (χ3n) is 4.45. The van der Waals surface area contributed by atoms with Crippen LogP contribution in [0.3, 0.4) is 0 Å². The largest absolute Gasteiger partial charge is 0.487 e. The fourth-order valence-corrected chi connectivity index (χ4v) is 3.62. The van der Waals surface area contributed by atoms with Gasteiger partial charge in [0.05, 0.1) is 10.7 Å². The molecule has 1 fully saturated rings. The quantitative estimate of drug-likeness (QED) is 0.519. The molecule has 6 nitrogen and oxygen atoms in total. The number of carbonyl (C=O) groups excluding carboxylic acids is 2. The number of rotatable bonds is 9. The van der Waals surface area contributed by atoms with Gasteiger partial charge < -0.3 is 15.0 Å². The highest BCUT2D eigenvalue weighted by molar-refractivity contribution is 7.09. The molecule has 0 saturated carbocycles. The zero-order valence-corrected chi connectivity index (χ0v) is 16.8. The Labute approximate surface area is 169 Å². The van der Waals surface area contributed by atoms with Gasteiger partial charge in [0.2, 0.25) is 11.8 Å². The van der Waals surface area contributed by atoms with E-state index >= 15 is 0 Å². The lowest BCUT2D eigenvalue weighted by atomic mass is 10.2. The van der Waals surface area contributed by atoms with Gasteiger partial charge in [0.15, 0.2) is 0 Å². The van der Waals surface area contributed by atoms with Crippen LogP contribution in [-0.2, 0) is 16.2 Å². The molecule has 1 aliphatic rings. The van der Waals surface area contributed by atoms with Crippen LogP contribution in [0.5, 0.6) is 5.75 Å². The van der Waals surface area contributed by atoms with Gasteiger partial charge in [-0.2, -0.15) is 0 Å². The third kappa shape index (κ3) is 5.92. The Bertz CT molecular complexity index is 847. The predicted molar refractivity (Wildman–Crippen MR) is 110 cm³/mol. The number of carbonyl (C=O) groups is 2. The number of hydrogen-bond acceptors (Lipinski definition) is 5. The highest BCUT2D eigenvalue weighted by Gasteiger charge is 2.18. The van der Waals surface area contributed by atoms with Crippen LogP contribution >= 0.6 is 11.3 Å². The molecule has 148 valence electrons. The van der Waals surface area contributed by atoms with Crippen LogP contribution in [-0.4, -0.2) is 41.3 Å². The van der Waals surface area contributed by atoms with Crippen molar-refractivity contribution in [3.8, 4) is 5.75 Å². The van der Waals surface area contributed by atoms with Crippen LogP contribution in [0, 0.1) is 6.92 Å². The average molecular weight is 400 g/mol. The lowest BCUT2D eigenvalue weighted by Gasteiger charge is -2.14. The van der Waals surface area contributed by atoms with Crippen molar-refractivity contribution in [2.75, 3.05) is 19.6 Å². The van der Waals surface area contributed by atoms with Crippen molar-refractivity contribution in [3.05, 3.63) is 52.0 Å². The third-order valence-corrected chi connectivity index (χ3v) is 5.27. The summed E-state index contributed by atoms with van der Waals surface area (Å²) < 4.78 is 5.86. The summed E-state index contributed by atoms with van der Waals surface area (Å²) in [7, 11) is 0. The normalized spacial score (nSPS) is 14.0. The van der Waals surface area contributed by atoms with E-state index in [-0.39, 0.29) is 11.8 Å². The maximum atomic E-state index is 12.0. The van der Waals surface area contributed by atoms with Crippen molar-refractivity contribution in [1.82, 2.24) is 15.2 Å². The highest BCUT2D eigenvalue weighted by Crippen LogP contribution is 2.21. The Morgan fingerprint density at radius 2 is 2.25 bits per heavy atom. The molecule has 1 aromatic carbocycles. The van der Waals surface area contributed by atoms with Gasteiger partial charge in [0.1, 0.15) is 12.4 Å². The second kappa shape index (κ2) is 10.0. The molecular weight excluding hydrogens is 374 g/mol. The van der Waals surface area contributed by atoms with Gasteiger partial charge in [-0.25, -0.2) is 4.98 Å². The molecule has 2 amide bonds. The molecule has 0 bridgehead atoms. The summed E-state index contributed by atoms with van der Waals surface area (Å²) in [6.07, 6.45) is 5.62. The van der Waals surface area contributed by atoms with Crippen LogP contribution in [0.25, 0.3) is 6.08 Å². The molecule has 1 saturated heterocycles. The number of aryl methyl sites for hydroxylation is 1. The first-order chi connectivity index (χ1) is 13.6. The van der Waals surface area contributed by atoms with E-state index in [2.05, 4.69) is 10.3 Å². The lowest BCUT2D eigenvalue weighted by Crippen LogP contribution is -2.29. The van der Waals surface area contributed by atoms with Crippen LogP contribution < -0.4 is 10.1 Å². The van der Waals surface area contributed by atoms with Crippen LogP contribution in [0.2, 0.25) is 0 Å². The maximum absolute atomic E-state index is 12.0. The van der Waals surface area contributed by atoms with E-state index in [4.69, 9.17) is 4.74 Å². The monoisotopic (exact) mass is 399 g/mol. The van der Waals surface area contributed by atoms with Crippen molar-refractivity contribution in [3.63, 3.8) is 0 Å². The molecule has 2 aromatic rings. The molecule has 0 aliphatic carbocycles. The van der Waals surface area contributed by atoms with Crippen molar-refractivity contribution in [2.24, 2.45) is 0 Å². The Balaban J connectivity index is 1.45. The van der Waals surface area contributed by atoms with E-state index in [0.717, 1.165) is 35.7 Å². The van der Waals surface area contributed by atoms with Gasteiger partial charge in [0, 0.05) is 43.1 Å². The first-order valence-electron chi connectivity index (χ1n) is 9.48. The van der Waals surface area contributed by atoms with E-state index in [9.17, 15) is 9.59 Å². The lowest BCUT2D eigenvalue weighted by molar-refractivity contribution is -0.127. The number of amides is 2. The molecule has 7 heteroatoms. The Hall–Kier alpha value is -2.67. The molecule has 2 heterocycles. The topological polar surface area (TPSA) is 71.5 Å². The number of hydrogen-bond donors (Lipinski definition) is 1. The molecule has 1 N–H and O–H groups in total. The van der Waals surface area contributed by atoms with E-state index in [1.54, 1.807) is 17.4 Å². The molecule has 0 atom stereocenters. The fraction of sp³-hybridized carbons (Fsp3) is 0.381. The molecule has 1 aliphatic heterocycles. The molecular formula is C21H25N3O3S. The summed E-state index contributed by atoms with van der Waals surface area (Å²) in [6, 6.07) is 7.59. The van der Waals surface area contributed by atoms with E-state index < -0.39 is 0 Å². The molecule has 0 spiro atoms. The van der Waals surface area contributed by atoms with E-state index in [1.807, 2.05) is 41.5 Å². The Kier molecular flexibility index (Phi) is 7.19. The standard InChI is InChI=1S/C21H25N3O3S/c1-16-23-18(15-28-16)14-27-19-7-3-2-6-17(19)9-10-20(25)22-11-5-13-24-12-4-8-21(24)26/h2-3,6-7,9-10,15H,4-5,8,11-14H2,1H3,(H,22,25)/b10-9+. The second-order valence-electron chi connectivity index (χ2n) is 6.65. The molecule has 28 heavy (non-hydrogen) atoms. The predicted octanol–water partition coefficient (Wildman–Crippen LogP) is 3.17. The van der Waals surface area contributed by atoms with Crippen LogP contribution in [0.4, 0.5) is 0 Å². The van der Waals surface area contributed by atoms with Gasteiger partial charge in [-0.3, -0.25) is 9.59 Å². The van der Waals surface area contributed by atoms with Gasteiger partial charge in [0.25, 0.3) is 0 Å². The number of likely N-dealkylation sites (tertiary alicyclic amines) is 1. The molecule has 1 aromatic heterocycles. The van der Waals surface area contributed by atoms with Gasteiger partial charge in [-0.15, -0.1) is 11.3 Å². The van der Waals surface area contributed by atoms with Crippen molar-refractivity contribution < 1.29 is 14.3 Å². The number of thiazole rings is 1. The number of aromatic nitrogens is 1. The minimum Gasteiger partial charge on any atom is -0.487 e. The SMILES string of the molecule is Cc1nc(COc2ccccc2/C=C/C(=O)NCCCN2CCCC2=O)cs1. The van der Waals surface area contributed by atoms with Crippen LogP contribution in [0.15, 0.2) is 35.7 Å². The van der Waals surface area contributed by atoms with Crippen LogP contribution in [0.1, 0.15) is 35.5 Å². The summed E-state index contributed by atoms with van der Waals surface area (Å²) in [5.74, 6) is 0.776. The first-order valence-corrected chi connectivity index (χ1v) is 10.4. The zero-order chi connectivity index (χ0) is 19.8. The number of nitrogens with zero attached hydrogens (tertiary/aromatic N) is 2. The Morgan fingerprint density at radius 1 is 1.39 bits per heavy atom. The molecule has 3 rings (SSSR count). The number of para-hydroxylation sites is 1. The zero-order valence-electron chi connectivity index (χ0n) is 16.0. The van der Waals surface area contributed by atoms with Gasteiger partial charge in [-0.05, 0) is 31.9 Å². The van der Waals surface area contributed by atoms with Gasteiger partial charge in [-0.1, -0.05) is 18.2 Å². The number of benzene rings is 1.